The first-order valence-electron chi connectivity index (χ1n) is 6.01. The second-order valence-electron chi connectivity index (χ2n) is 4.76. The molecule has 4 nitrogen and oxygen atoms in total. The predicted molar refractivity (Wildman–Crippen MR) is 61.0 cm³/mol. The van der Waals surface area contributed by atoms with Crippen molar-refractivity contribution in [2.45, 2.75) is 51.8 Å². The smallest absolute Gasteiger partial charge is 0.143 e. The van der Waals surface area contributed by atoms with Crippen LogP contribution in [0.2, 0.25) is 0 Å². The van der Waals surface area contributed by atoms with Gasteiger partial charge in [-0.25, -0.2) is 0 Å². The fraction of sp³-hybridized carbons (Fsp3) is 0.750. The van der Waals surface area contributed by atoms with E-state index in [9.17, 15) is 0 Å². The molecule has 0 aromatic carbocycles. The number of aliphatic hydroxyl groups excluding tert-OH is 1. The van der Waals surface area contributed by atoms with Gasteiger partial charge in [-0.2, -0.15) is 0 Å². The van der Waals surface area contributed by atoms with E-state index < -0.39 is 0 Å². The van der Waals surface area contributed by atoms with Crippen LogP contribution in [0, 0.1) is 0 Å². The lowest BCUT2D eigenvalue weighted by Crippen LogP contribution is -2.36. The van der Waals surface area contributed by atoms with E-state index in [1.165, 1.54) is 19.4 Å². The van der Waals surface area contributed by atoms with Crippen molar-refractivity contribution in [3.8, 4) is 0 Å². The molecule has 4 heteroatoms. The predicted octanol–water partition coefficient (Wildman–Crippen LogP) is 1.58. The molecule has 0 spiro atoms. The second kappa shape index (κ2) is 4.97. The highest BCUT2D eigenvalue weighted by Crippen LogP contribution is 2.24. The minimum atomic E-state index is 0.0211. The number of likely N-dealkylation sites (tertiary alicyclic amines) is 1. The Balaban J connectivity index is 2.04. The lowest BCUT2D eigenvalue weighted by molar-refractivity contribution is 0.192. The molecule has 0 aliphatic carbocycles. The number of hydrogen-bond acceptors (Lipinski definition) is 4. The van der Waals surface area contributed by atoms with Gasteiger partial charge >= 0.3 is 0 Å². The maximum Gasteiger partial charge on any atom is 0.143 e. The molecule has 16 heavy (non-hydrogen) atoms. The van der Waals surface area contributed by atoms with Gasteiger partial charge in [-0.1, -0.05) is 5.16 Å². The van der Waals surface area contributed by atoms with E-state index in [-0.39, 0.29) is 6.61 Å². The molecule has 1 aliphatic heterocycles. The summed E-state index contributed by atoms with van der Waals surface area (Å²) in [7, 11) is 0. The Morgan fingerprint density at radius 3 is 3.12 bits per heavy atom. The van der Waals surface area contributed by atoms with Crippen molar-refractivity contribution in [2.75, 3.05) is 6.54 Å². The number of hydrogen-bond donors (Lipinski definition) is 1. The molecule has 1 N–H and O–H groups in total. The maximum atomic E-state index is 9.14. The number of nitrogens with zero attached hydrogens (tertiary/aromatic N) is 2. The Bertz CT molecular complexity index is 336. The molecule has 0 radical (unpaired) electrons. The van der Waals surface area contributed by atoms with Crippen molar-refractivity contribution >= 4 is 0 Å². The summed E-state index contributed by atoms with van der Waals surface area (Å²) in [6.45, 7) is 5.65. The number of aromatic nitrogens is 1. The molecule has 1 aromatic rings. The Morgan fingerprint density at radius 1 is 1.62 bits per heavy atom. The van der Waals surface area contributed by atoms with Crippen LogP contribution in [0.15, 0.2) is 10.7 Å². The van der Waals surface area contributed by atoms with Crippen molar-refractivity contribution in [2.24, 2.45) is 0 Å². The largest absolute Gasteiger partial charge is 0.391 e. The number of rotatable bonds is 4. The fourth-order valence-electron chi connectivity index (χ4n) is 2.55. The highest BCUT2D eigenvalue weighted by atomic mass is 16.5. The van der Waals surface area contributed by atoms with E-state index in [4.69, 9.17) is 9.63 Å². The van der Waals surface area contributed by atoms with Crippen LogP contribution in [0.5, 0.6) is 0 Å². The molecule has 1 atom stereocenters. The maximum absolute atomic E-state index is 9.14. The minimum absolute atomic E-state index is 0.0211. The van der Waals surface area contributed by atoms with E-state index >= 15 is 0 Å². The summed E-state index contributed by atoms with van der Waals surface area (Å²) >= 11 is 0. The van der Waals surface area contributed by atoms with Gasteiger partial charge in [-0.05, 0) is 33.2 Å². The van der Waals surface area contributed by atoms with Crippen LogP contribution in [-0.2, 0) is 13.0 Å². The van der Waals surface area contributed by atoms with Gasteiger partial charge in [0.25, 0.3) is 0 Å². The molecule has 2 rings (SSSR count). The van der Waals surface area contributed by atoms with Gasteiger partial charge in [-0.3, -0.25) is 4.90 Å². The molecule has 1 fully saturated rings. The quantitative estimate of drug-likeness (QED) is 0.843. The lowest BCUT2D eigenvalue weighted by Gasteiger charge is -2.27. The van der Waals surface area contributed by atoms with Crippen LogP contribution in [-0.4, -0.2) is 33.8 Å². The lowest BCUT2D eigenvalue weighted by atomic mass is 10.1. The van der Waals surface area contributed by atoms with Crippen LogP contribution >= 0.6 is 0 Å². The first kappa shape index (κ1) is 11.6. The molecular formula is C12H20N2O2. The van der Waals surface area contributed by atoms with Gasteiger partial charge in [0.15, 0.2) is 0 Å². The normalized spacial score (nSPS) is 22.1. The van der Waals surface area contributed by atoms with Crippen molar-refractivity contribution in [3.05, 3.63) is 17.5 Å². The van der Waals surface area contributed by atoms with Gasteiger partial charge in [0.05, 0.1) is 12.8 Å². The molecule has 0 bridgehead atoms. The SMILES string of the molecule is CC(C)N1CCCC1Cc1oncc1CO. The third-order valence-electron chi connectivity index (χ3n) is 3.41. The summed E-state index contributed by atoms with van der Waals surface area (Å²) in [5.41, 5.74) is 0.829. The first-order chi connectivity index (χ1) is 7.72. The third kappa shape index (κ3) is 2.28. The Hall–Kier alpha value is -0.870. The average molecular weight is 224 g/mol. The van der Waals surface area contributed by atoms with E-state index in [0.29, 0.717) is 12.1 Å². The van der Waals surface area contributed by atoms with E-state index in [2.05, 4.69) is 23.9 Å². The topological polar surface area (TPSA) is 49.5 Å². The summed E-state index contributed by atoms with van der Waals surface area (Å²) < 4.78 is 5.21. The summed E-state index contributed by atoms with van der Waals surface area (Å²) in [6, 6.07) is 1.12. The minimum Gasteiger partial charge on any atom is -0.391 e. The van der Waals surface area contributed by atoms with Crippen LogP contribution in [0.3, 0.4) is 0 Å². The molecule has 1 aliphatic rings. The zero-order valence-electron chi connectivity index (χ0n) is 10.0. The van der Waals surface area contributed by atoms with Gasteiger partial charge in [0.2, 0.25) is 0 Å². The van der Waals surface area contributed by atoms with Crippen LogP contribution in [0.1, 0.15) is 38.0 Å². The van der Waals surface area contributed by atoms with Crippen molar-refractivity contribution in [1.29, 1.82) is 0 Å². The second-order valence-corrected chi connectivity index (χ2v) is 4.76. The average Bonchev–Trinajstić information content (AvgIpc) is 2.86. The molecule has 0 saturated carbocycles. The number of aliphatic hydroxyl groups is 1. The zero-order chi connectivity index (χ0) is 11.5. The van der Waals surface area contributed by atoms with Crippen molar-refractivity contribution in [1.82, 2.24) is 10.1 Å². The molecular weight excluding hydrogens is 204 g/mol. The monoisotopic (exact) mass is 224 g/mol. The Morgan fingerprint density at radius 2 is 2.44 bits per heavy atom. The van der Waals surface area contributed by atoms with Crippen LogP contribution in [0.25, 0.3) is 0 Å². The molecule has 1 aromatic heterocycles. The van der Waals surface area contributed by atoms with Gasteiger partial charge < -0.3 is 9.63 Å². The first-order valence-corrected chi connectivity index (χ1v) is 6.01. The highest BCUT2D eigenvalue weighted by molar-refractivity contribution is 5.13. The standard InChI is InChI=1S/C12H20N2O2/c1-9(2)14-5-3-4-11(14)6-12-10(8-15)7-13-16-12/h7,9,11,15H,3-6,8H2,1-2H3. The van der Waals surface area contributed by atoms with Crippen molar-refractivity contribution in [3.63, 3.8) is 0 Å². The van der Waals surface area contributed by atoms with Crippen LogP contribution in [0.4, 0.5) is 0 Å². The van der Waals surface area contributed by atoms with Gasteiger partial charge in [0.1, 0.15) is 5.76 Å². The van der Waals surface area contributed by atoms with Crippen LogP contribution < -0.4 is 0 Å². The van der Waals surface area contributed by atoms with Crippen molar-refractivity contribution < 1.29 is 9.63 Å². The molecule has 1 saturated heterocycles. The third-order valence-corrected chi connectivity index (χ3v) is 3.41. The van der Waals surface area contributed by atoms with Gasteiger partial charge in [-0.15, -0.1) is 0 Å². The fourth-order valence-corrected chi connectivity index (χ4v) is 2.55. The molecule has 2 heterocycles. The zero-order valence-corrected chi connectivity index (χ0v) is 10.0. The summed E-state index contributed by atoms with van der Waals surface area (Å²) in [5, 5.41) is 12.9. The molecule has 0 amide bonds. The molecule has 1 unspecified atom stereocenters. The Kier molecular flexibility index (Phi) is 3.61. The Labute approximate surface area is 96.2 Å². The van der Waals surface area contributed by atoms with E-state index in [0.717, 1.165) is 17.7 Å². The molecule has 90 valence electrons. The summed E-state index contributed by atoms with van der Waals surface area (Å²) in [4.78, 5) is 2.50. The highest BCUT2D eigenvalue weighted by Gasteiger charge is 2.28. The summed E-state index contributed by atoms with van der Waals surface area (Å²) in [5.74, 6) is 0.847. The van der Waals surface area contributed by atoms with Gasteiger partial charge in [0, 0.05) is 24.1 Å². The van der Waals surface area contributed by atoms with E-state index in [1.54, 1.807) is 6.20 Å². The summed E-state index contributed by atoms with van der Waals surface area (Å²) in [6.07, 6.45) is 4.95. The van der Waals surface area contributed by atoms with E-state index in [1.807, 2.05) is 0 Å².